The molecule has 3 aliphatic heterocycles. The van der Waals surface area contributed by atoms with Gasteiger partial charge in [0.05, 0.1) is 0 Å². The first kappa shape index (κ1) is 30.1. The summed E-state index contributed by atoms with van der Waals surface area (Å²) in [6.07, 6.45) is 6.47. The Bertz CT molecular complexity index is 1820. The number of aromatic amines is 1. The molecule has 2 saturated heterocycles. The van der Waals surface area contributed by atoms with Gasteiger partial charge < -0.3 is 9.88 Å². The first-order chi connectivity index (χ1) is 22.8. The van der Waals surface area contributed by atoms with E-state index in [0.717, 1.165) is 87.3 Å². The number of piperidine rings is 1. The Balaban J connectivity index is 1.05. The quantitative estimate of drug-likeness (QED) is 0.235. The Morgan fingerprint density at radius 1 is 0.915 bits per heavy atom. The second kappa shape index (κ2) is 11.8. The van der Waals surface area contributed by atoms with Crippen LogP contribution in [0.5, 0.6) is 0 Å². The van der Waals surface area contributed by atoms with Crippen molar-refractivity contribution in [3.8, 4) is 11.1 Å². The third-order valence-corrected chi connectivity index (χ3v) is 11.6. The smallest absolute Gasteiger partial charge is 0.256 e. The molecule has 47 heavy (non-hydrogen) atoms. The lowest BCUT2D eigenvalue weighted by molar-refractivity contribution is -0.134. The van der Waals surface area contributed by atoms with E-state index in [9.17, 15) is 9.59 Å². The van der Waals surface area contributed by atoms with Crippen LogP contribution in [-0.4, -0.2) is 75.6 Å². The fraction of sp³-hybridized carbons (Fsp3) is 0.425. The number of hydrogen-bond donors (Lipinski definition) is 1. The zero-order chi connectivity index (χ0) is 32.2. The van der Waals surface area contributed by atoms with Crippen molar-refractivity contribution in [2.24, 2.45) is 22.2 Å². The highest BCUT2D eigenvalue weighted by Crippen LogP contribution is 2.43. The molecule has 7 nitrogen and oxygen atoms in total. The number of nitrogens with zero attached hydrogens (tertiary/aromatic N) is 4. The minimum absolute atomic E-state index is 0.0362. The van der Waals surface area contributed by atoms with Crippen LogP contribution in [0.3, 0.4) is 0 Å². The SMILES string of the molecule is CC(CN1C(=O)C2(CCN(Cc3ccccc3)CC2)N=C1c1ccc(-c2ccc3[nH]ccc3c2)cc1)C1(C)CCN(C(=O)C2CC2)C1. The molecular weight excluding hydrogens is 582 g/mol. The van der Waals surface area contributed by atoms with Gasteiger partial charge in [0.25, 0.3) is 5.91 Å². The summed E-state index contributed by atoms with van der Waals surface area (Å²) in [6.45, 7) is 9.37. The minimum atomic E-state index is -0.717. The van der Waals surface area contributed by atoms with Crippen LogP contribution in [-0.2, 0) is 16.1 Å². The Labute approximate surface area is 277 Å². The van der Waals surface area contributed by atoms with Crippen LogP contribution < -0.4 is 0 Å². The Morgan fingerprint density at radius 3 is 2.38 bits per heavy atom. The van der Waals surface area contributed by atoms with Crippen molar-refractivity contribution in [3.63, 3.8) is 0 Å². The van der Waals surface area contributed by atoms with Gasteiger partial charge in [0.1, 0.15) is 11.4 Å². The molecule has 0 radical (unpaired) electrons. The number of likely N-dealkylation sites (tertiary alicyclic amines) is 2. The molecule has 1 N–H and O–H groups in total. The molecule has 1 aliphatic carbocycles. The molecule has 242 valence electrons. The molecule has 4 heterocycles. The second-order valence-electron chi connectivity index (χ2n) is 14.8. The van der Waals surface area contributed by atoms with E-state index in [0.29, 0.717) is 12.5 Å². The van der Waals surface area contributed by atoms with Crippen LogP contribution in [0.4, 0.5) is 0 Å². The fourth-order valence-electron chi connectivity index (χ4n) is 8.00. The number of carbonyl (C=O) groups excluding carboxylic acids is 2. The molecule has 3 aromatic carbocycles. The van der Waals surface area contributed by atoms with Gasteiger partial charge in [-0.3, -0.25) is 24.4 Å². The van der Waals surface area contributed by atoms with Crippen molar-refractivity contribution in [1.82, 2.24) is 19.7 Å². The summed E-state index contributed by atoms with van der Waals surface area (Å²) >= 11 is 0. The third kappa shape index (κ3) is 5.69. The predicted octanol–water partition coefficient (Wildman–Crippen LogP) is 6.74. The van der Waals surface area contributed by atoms with E-state index < -0.39 is 5.54 Å². The van der Waals surface area contributed by atoms with Gasteiger partial charge in [0.15, 0.2) is 0 Å². The fourth-order valence-corrected chi connectivity index (χ4v) is 8.00. The van der Waals surface area contributed by atoms with Gasteiger partial charge in [-0.05, 0) is 83.7 Å². The zero-order valence-corrected chi connectivity index (χ0v) is 27.6. The van der Waals surface area contributed by atoms with Gasteiger partial charge in [-0.15, -0.1) is 0 Å². The number of aromatic nitrogens is 1. The zero-order valence-electron chi connectivity index (χ0n) is 27.6. The van der Waals surface area contributed by atoms with E-state index >= 15 is 0 Å². The van der Waals surface area contributed by atoms with Gasteiger partial charge in [-0.2, -0.15) is 0 Å². The van der Waals surface area contributed by atoms with Gasteiger partial charge in [-0.1, -0.05) is 74.5 Å². The summed E-state index contributed by atoms with van der Waals surface area (Å²) in [7, 11) is 0. The van der Waals surface area contributed by atoms with Gasteiger partial charge >= 0.3 is 0 Å². The van der Waals surface area contributed by atoms with E-state index in [1.807, 2.05) is 11.1 Å². The molecule has 4 aromatic rings. The van der Waals surface area contributed by atoms with Crippen LogP contribution in [0.25, 0.3) is 22.0 Å². The van der Waals surface area contributed by atoms with Crippen molar-refractivity contribution in [2.45, 2.75) is 58.0 Å². The average molecular weight is 628 g/mol. The van der Waals surface area contributed by atoms with Gasteiger partial charge in [-0.25, -0.2) is 0 Å². The number of hydrogen-bond acceptors (Lipinski definition) is 4. The molecule has 0 bridgehead atoms. The molecule has 1 aromatic heterocycles. The monoisotopic (exact) mass is 627 g/mol. The molecule has 8 rings (SSSR count). The first-order valence-electron chi connectivity index (χ1n) is 17.5. The highest BCUT2D eigenvalue weighted by molar-refractivity contribution is 6.15. The maximum absolute atomic E-state index is 14.6. The number of rotatable bonds is 8. The first-order valence-corrected chi connectivity index (χ1v) is 17.5. The lowest BCUT2D eigenvalue weighted by atomic mass is 9.77. The summed E-state index contributed by atoms with van der Waals surface area (Å²) < 4.78 is 0. The summed E-state index contributed by atoms with van der Waals surface area (Å²) in [5.41, 5.74) is 4.98. The van der Waals surface area contributed by atoms with E-state index in [2.05, 4.69) is 107 Å². The third-order valence-electron chi connectivity index (χ3n) is 11.6. The Hall–Kier alpha value is -4.23. The van der Waals surface area contributed by atoms with Gasteiger partial charge in [0.2, 0.25) is 5.91 Å². The highest BCUT2D eigenvalue weighted by atomic mass is 16.2. The number of fused-ring (bicyclic) bond motifs is 1. The van der Waals surface area contributed by atoms with Crippen LogP contribution in [0.15, 0.2) is 90.1 Å². The number of aliphatic imine (C=N–C) groups is 1. The van der Waals surface area contributed by atoms with Crippen LogP contribution in [0.1, 0.15) is 57.1 Å². The highest BCUT2D eigenvalue weighted by Gasteiger charge is 2.52. The molecule has 1 spiro atoms. The summed E-state index contributed by atoms with van der Waals surface area (Å²) in [5, 5.41) is 1.19. The largest absolute Gasteiger partial charge is 0.361 e. The summed E-state index contributed by atoms with van der Waals surface area (Å²) in [5.74, 6) is 1.74. The maximum atomic E-state index is 14.6. The summed E-state index contributed by atoms with van der Waals surface area (Å²) in [6, 6.07) is 27.8. The number of amidine groups is 1. The van der Waals surface area contributed by atoms with Crippen molar-refractivity contribution < 1.29 is 9.59 Å². The van der Waals surface area contributed by atoms with Gasteiger partial charge in [0, 0.05) is 62.5 Å². The van der Waals surface area contributed by atoms with E-state index in [1.54, 1.807) is 0 Å². The number of carbonyl (C=O) groups is 2. The minimum Gasteiger partial charge on any atom is -0.361 e. The molecule has 2 unspecified atom stereocenters. The standard InChI is InChI=1S/C40H45N5O2/c1-28(39(2)17-23-44(27-39)37(46)32-12-13-32)25-45-36(31-10-8-30(9-11-31)33-14-15-35-34(24-33)16-20-41-35)42-40(38(45)47)18-21-43(22-19-40)26-29-6-4-3-5-7-29/h3-11,14-16,20,24,28,32,41H,12-13,17-19,21-23,25-27H2,1-2H3. The molecule has 7 heteroatoms. The normalized spacial score (nSPS) is 23.5. The number of H-pyrrole nitrogens is 1. The van der Waals surface area contributed by atoms with E-state index in [1.165, 1.54) is 16.5 Å². The Morgan fingerprint density at radius 2 is 1.64 bits per heavy atom. The average Bonchev–Trinajstić information content (AvgIpc) is 3.61. The van der Waals surface area contributed by atoms with E-state index in [-0.39, 0.29) is 23.2 Å². The lowest BCUT2D eigenvalue weighted by Gasteiger charge is -2.38. The lowest BCUT2D eigenvalue weighted by Crippen LogP contribution is -2.51. The summed E-state index contributed by atoms with van der Waals surface area (Å²) in [4.78, 5) is 42.7. The number of amides is 2. The molecular formula is C40H45N5O2. The second-order valence-corrected chi connectivity index (χ2v) is 14.8. The van der Waals surface area contributed by atoms with Crippen molar-refractivity contribution in [2.75, 3.05) is 32.7 Å². The van der Waals surface area contributed by atoms with Crippen molar-refractivity contribution >= 4 is 28.6 Å². The molecule has 2 amide bonds. The van der Waals surface area contributed by atoms with Crippen LogP contribution >= 0.6 is 0 Å². The maximum Gasteiger partial charge on any atom is 0.256 e. The number of benzene rings is 3. The molecule has 4 aliphatic rings. The molecule has 3 fully saturated rings. The van der Waals surface area contributed by atoms with Crippen molar-refractivity contribution in [3.05, 3.63) is 96.2 Å². The van der Waals surface area contributed by atoms with E-state index in [4.69, 9.17) is 4.99 Å². The van der Waals surface area contributed by atoms with Crippen LogP contribution in [0, 0.1) is 17.3 Å². The topological polar surface area (TPSA) is 72.0 Å². The Kier molecular flexibility index (Phi) is 7.55. The number of nitrogens with one attached hydrogen (secondary N) is 1. The predicted molar refractivity (Wildman–Crippen MR) is 187 cm³/mol. The van der Waals surface area contributed by atoms with Crippen molar-refractivity contribution in [1.29, 1.82) is 0 Å². The molecule has 2 atom stereocenters. The molecule has 1 saturated carbocycles. The van der Waals surface area contributed by atoms with Crippen LogP contribution in [0.2, 0.25) is 0 Å².